The molecule has 1 aliphatic heterocycles. The Morgan fingerprint density at radius 1 is 1.16 bits per heavy atom. The van der Waals surface area contributed by atoms with Crippen molar-refractivity contribution in [1.29, 1.82) is 0 Å². The number of fused-ring (bicyclic) bond motifs is 4. The van der Waals surface area contributed by atoms with Crippen LogP contribution in [0.4, 0.5) is 0 Å². The number of nitrogens with zero attached hydrogens (tertiary/aromatic N) is 3. The fourth-order valence-corrected chi connectivity index (χ4v) is 7.40. The molecule has 1 aromatic carbocycles. The second kappa shape index (κ2) is 20.9. The highest BCUT2D eigenvalue weighted by molar-refractivity contribution is 7.09. The third-order valence-electron chi connectivity index (χ3n) is 8.79. The SMILES string of the molecule is C.C.CCn1c(C2=C(COC)CC=CC=C2)c2c3cc(ccc31)-c1csc(n1)CCCOCN(N)CCC[C@H](C)COCC(C)(C)C2.N.O.[HH].[HH]. The molecule has 7 N–H and O–H groups in total. The average molecular weight is 704 g/mol. The molecular weight excluding hydrogens is 635 g/mol. The molecule has 0 radical (unpaired) electrons. The van der Waals surface area contributed by atoms with Crippen LogP contribution in [0.3, 0.4) is 0 Å². The number of aromatic nitrogens is 2. The van der Waals surface area contributed by atoms with Crippen molar-refractivity contribution < 1.29 is 22.5 Å². The molecule has 10 heteroatoms. The number of rotatable bonds is 4. The molecule has 2 aliphatic rings. The zero-order chi connectivity index (χ0) is 31.8. The number of hydrazine groups is 1. The molecule has 3 aromatic rings. The van der Waals surface area contributed by atoms with E-state index in [1.807, 2.05) is 0 Å². The minimum atomic E-state index is -0.0673. The van der Waals surface area contributed by atoms with Crippen LogP contribution in [0.2, 0.25) is 0 Å². The highest BCUT2D eigenvalue weighted by atomic mass is 32.1. The van der Waals surface area contributed by atoms with Crippen molar-refractivity contribution in [3.8, 4) is 11.3 Å². The molecule has 1 aliphatic carbocycles. The van der Waals surface area contributed by atoms with Gasteiger partial charge in [-0.3, -0.25) is 5.84 Å². The van der Waals surface area contributed by atoms with Crippen LogP contribution in [0, 0.1) is 11.3 Å². The van der Waals surface area contributed by atoms with E-state index in [9.17, 15) is 0 Å². The summed E-state index contributed by atoms with van der Waals surface area (Å²) in [6.07, 6.45) is 14.6. The lowest BCUT2D eigenvalue weighted by atomic mass is 9.83. The molecule has 1 atom stereocenters. The molecule has 0 amide bonds. The van der Waals surface area contributed by atoms with Gasteiger partial charge in [0.2, 0.25) is 0 Å². The average Bonchev–Trinajstić information content (AvgIpc) is 3.51. The summed E-state index contributed by atoms with van der Waals surface area (Å²) in [6, 6.07) is 6.91. The van der Waals surface area contributed by atoms with Gasteiger partial charge in [0.05, 0.1) is 29.6 Å². The van der Waals surface area contributed by atoms with Crippen LogP contribution in [0.5, 0.6) is 0 Å². The number of nitrogens with two attached hydrogens (primary N) is 1. The number of hydrogen-bond donors (Lipinski definition) is 2. The predicted octanol–water partition coefficient (Wildman–Crippen LogP) is 8.90. The van der Waals surface area contributed by atoms with E-state index < -0.39 is 0 Å². The van der Waals surface area contributed by atoms with Crippen LogP contribution in [-0.4, -0.2) is 66.8 Å². The Morgan fingerprint density at radius 3 is 2.71 bits per heavy atom. The van der Waals surface area contributed by atoms with Crippen molar-refractivity contribution >= 4 is 27.8 Å². The van der Waals surface area contributed by atoms with E-state index in [1.54, 1.807) is 23.5 Å². The normalized spacial score (nSPS) is 19.4. The number of allylic oxidation sites excluding steroid dienone is 5. The van der Waals surface area contributed by atoms with Crippen molar-refractivity contribution in [3.05, 3.63) is 69.7 Å². The van der Waals surface area contributed by atoms with Crippen molar-refractivity contribution in [2.75, 3.05) is 46.8 Å². The first-order chi connectivity index (χ1) is 21.8. The minimum Gasteiger partial charge on any atom is -0.412 e. The summed E-state index contributed by atoms with van der Waals surface area (Å²) in [5, 5.41) is 6.43. The van der Waals surface area contributed by atoms with E-state index >= 15 is 0 Å². The molecule has 280 valence electrons. The second-order valence-corrected chi connectivity index (χ2v) is 14.4. The maximum Gasteiger partial charge on any atom is 0.111 e. The van der Waals surface area contributed by atoms with Gasteiger partial charge in [-0.25, -0.2) is 9.99 Å². The van der Waals surface area contributed by atoms with E-state index in [0.29, 0.717) is 32.5 Å². The van der Waals surface area contributed by atoms with Gasteiger partial charge in [0.15, 0.2) is 0 Å². The molecule has 3 heterocycles. The molecule has 0 fully saturated rings. The second-order valence-electron chi connectivity index (χ2n) is 13.4. The molecule has 9 nitrogen and oxygen atoms in total. The largest absolute Gasteiger partial charge is 0.412 e. The van der Waals surface area contributed by atoms with Gasteiger partial charge in [-0.1, -0.05) is 66.0 Å². The summed E-state index contributed by atoms with van der Waals surface area (Å²) in [4.78, 5) is 5.05. The summed E-state index contributed by atoms with van der Waals surface area (Å²) < 4.78 is 20.5. The summed E-state index contributed by atoms with van der Waals surface area (Å²) in [7, 11) is 1.79. The Labute approximate surface area is 303 Å². The smallest absolute Gasteiger partial charge is 0.111 e. The molecule has 5 rings (SSSR count). The summed E-state index contributed by atoms with van der Waals surface area (Å²) >= 11 is 1.74. The van der Waals surface area contributed by atoms with Crippen molar-refractivity contribution in [2.45, 2.75) is 87.6 Å². The zero-order valence-corrected chi connectivity index (χ0v) is 30.0. The van der Waals surface area contributed by atoms with Gasteiger partial charge in [0.1, 0.15) is 6.73 Å². The van der Waals surface area contributed by atoms with Gasteiger partial charge in [-0.2, -0.15) is 0 Å². The fraction of sp³-hybridized carbons (Fsp3) is 0.564. The lowest BCUT2D eigenvalue weighted by molar-refractivity contribution is 0.0222. The van der Waals surface area contributed by atoms with E-state index in [0.717, 1.165) is 74.5 Å². The van der Waals surface area contributed by atoms with Gasteiger partial charge in [0.25, 0.3) is 0 Å². The zero-order valence-electron chi connectivity index (χ0n) is 29.1. The van der Waals surface area contributed by atoms with Crippen LogP contribution in [0.1, 0.15) is 87.3 Å². The Balaban J connectivity index is 0. The highest BCUT2D eigenvalue weighted by Crippen LogP contribution is 2.40. The Hall–Kier alpha value is -2.67. The number of aryl methyl sites for hydroxylation is 2. The number of hydrogen-bond acceptors (Lipinski definition) is 8. The lowest BCUT2D eigenvalue weighted by Gasteiger charge is -2.27. The van der Waals surface area contributed by atoms with E-state index in [2.05, 4.69) is 80.1 Å². The van der Waals surface area contributed by atoms with Gasteiger partial charge < -0.3 is 30.4 Å². The topological polar surface area (TPSA) is 141 Å². The third kappa shape index (κ3) is 11.4. The van der Waals surface area contributed by atoms with Crippen molar-refractivity contribution in [3.63, 3.8) is 0 Å². The van der Waals surface area contributed by atoms with Crippen LogP contribution in [-0.2, 0) is 33.6 Å². The molecular formula is C39H69N5O4S. The van der Waals surface area contributed by atoms with Gasteiger partial charge in [-0.15, -0.1) is 11.3 Å². The van der Waals surface area contributed by atoms with Gasteiger partial charge >= 0.3 is 0 Å². The molecule has 4 bridgehead atoms. The van der Waals surface area contributed by atoms with Crippen molar-refractivity contribution in [2.24, 2.45) is 17.2 Å². The summed E-state index contributed by atoms with van der Waals surface area (Å²) in [5.74, 6) is 6.66. The Bertz CT molecular complexity index is 1540. The van der Waals surface area contributed by atoms with Gasteiger partial charge in [0, 0.05) is 70.1 Å². The first-order valence-electron chi connectivity index (χ1n) is 16.6. The van der Waals surface area contributed by atoms with Gasteiger partial charge in [-0.05, 0) is 73.6 Å². The van der Waals surface area contributed by atoms with E-state index in [4.69, 9.17) is 25.0 Å². The molecule has 0 unspecified atom stereocenters. The molecule has 49 heavy (non-hydrogen) atoms. The standard InChI is InChI=1S/C37H52N4O3S.2CH4.H3N.H2O.2H2/c1-6-41-34-17-16-28-20-31(34)32(36(41)30-14-9-7-8-13-29(30)23-42-5)21-37(3,4)25-44-22-27(2)12-10-18-40(38)26-43-19-11-15-35-39-33(28)24-45-35;;;;;;/h7-9,14,16-17,20,24,27H,6,10-13,15,18-19,21-23,25-26,38H2,1-5H3;2*1H4;1H3;1H2;2*1H/t27-;;;;;;/m0....../s1. The fourth-order valence-electron chi connectivity index (χ4n) is 6.55. The monoisotopic (exact) mass is 704 g/mol. The number of benzene rings is 1. The molecule has 0 saturated carbocycles. The predicted molar refractivity (Wildman–Crippen MR) is 213 cm³/mol. The molecule has 0 saturated heterocycles. The maximum atomic E-state index is 6.43. The quantitative estimate of drug-likeness (QED) is 0.259. The first kappa shape index (κ1) is 44.4. The van der Waals surface area contributed by atoms with E-state index in [-0.39, 0.29) is 34.7 Å². The minimum absolute atomic E-state index is 0. The third-order valence-corrected chi connectivity index (χ3v) is 9.70. The number of methoxy groups -OCH3 is 1. The highest BCUT2D eigenvalue weighted by Gasteiger charge is 2.28. The lowest BCUT2D eigenvalue weighted by Crippen LogP contribution is -2.34. The van der Waals surface area contributed by atoms with Crippen LogP contribution in [0.15, 0.2) is 53.5 Å². The molecule has 2 aromatic heterocycles. The van der Waals surface area contributed by atoms with Crippen LogP contribution < -0.4 is 12.0 Å². The number of thiazole rings is 1. The summed E-state index contributed by atoms with van der Waals surface area (Å²) in [5.41, 5.74) is 8.66. The Kier molecular flexibility index (Phi) is 18.9. The van der Waals surface area contributed by atoms with Crippen LogP contribution >= 0.6 is 11.3 Å². The number of ether oxygens (including phenoxy) is 3. The van der Waals surface area contributed by atoms with Crippen LogP contribution in [0.25, 0.3) is 27.7 Å². The summed E-state index contributed by atoms with van der Waals surface area (Å²) in [6.45, 7) is 14.1. The van der Waals surface area contributed by atoms with E-state index in [1.165, 1.54) is 33.3 Å². The Morgan fingerprint density at radius 2 is 1.96 bits per heavy atom. The first-order valence-corrected chi connectivity index (χ1v) is 17.5. The maximum absolute atomic E-state index is 6.43. The molecule has 0 spiro atoms. The van der Waals surface area contributed by atoms with Crippen molar-refractivity contribution in [1.82, 2.24) is 20.7 Å².